The Bertz CT molecular complexity index is 288. The summed E-state index contributed by atoms with van der Waals surface area (Å²) >= 11 is 3.47. The number of likely N-dealkylation sites (N-methyl/N-ethyl adjacent to an activating group) is 1. The Morgan fingerprint density at radius 3 is 2.67 bits per heavy atom. The van der Waals surface area contributed by atoms with Crippen LogP contribution < -0.4 is 5.32 Å². The maximum absolute atomic E-state index is 5.68. The van der Waals surface area contributed by atoms with E-state index >= 15 is 0 Å². The van der Waals surface area contributed by atoms with E-state index in [2.05, 4.69) is 28.2 Å². The van der Waals surface area contributed by atoms with Gasteiger partial charge in [0.25, 0.3) is 0 Å². The van der Waals surface area contributed by atoms with Gasteiger partial charge in [0.05, 0.1) is 22.9 Å². The Balaban J connectivity index is 2.82. The zero-order chi connectivity index (χ0) is 11.3. The maximum Gasteiger partial charge on any atom is 0.137 e. The highest BCUT2D eigenvalue weighted by Gasteiger charge is 2.25. The van der Waals surface area contributed by atoms with Crippen LogP contribution in [0.4, 0.5) is 0 Å². The van der Waals surface area contributed by atoms with Gasteiger partial charge in [0.2, 0.25) is 0 Å². The molecule has 0 saturated heterocycles. The van der Waals surface area contributed by atoms with E-state index in [1.54, 1.807) is 6.26 Å². The van der Waals surface area contributed by atoms with Crippen molar-refractivity contribution < 1.29 is 9.15 Å². The third-order valence-electron chi connectivity index (χ3n) is 2.39. The lowest BCUT2D eigenvalue weighted by Crippen LogP contribution is -2.31. The van der Waals surface area contributed by atoms with Crippen LogP contribution in [0.15, 0.2) is 21.2 Å². The highest BCUT2D eigenvalue weighted by atomic mass is 79.9. The molecular formula is C11H18BrNO2. The largest absolute Gasteiger partial charge is 0.466 e. The molecule has 0 aliphatic rings. The van der Waals surface area contributed by atoms with Crippen LogP contribution in [0.3, 0.4) is 0 Å². The van der Waals surface area contributed by atoms with Crippen LogP contribution in [0, 0.1) is 0 Å². The summed E-state index contributed by atoms with van der Waals surface area (Å²) in [5, 5.41) is 3.23. The van der Waals surface area contributed by atoms with Crippen molar-refractivity contribution in [1.29, 1.82) is 0 Å². The van der Waals surface area contributed by atoms with E-state index in [0.717, 1.165) is 23.3 Å². The van der Waals surface area contributed by atoms with Gasteiger partial charge in [-0.05, 0) is 42.4 Å². The van der Waals surface area contributed by atoms with Gasteiger partial charge in [-0.2, -0.15) is 0 Å². The number of nitrogens with one attached hydrogen (secondary N) is 1. The van der Waals surface area contributed by atoms with E-state index in [0.29, 0.717) is 0 Å². The zero-order valence-electron chi connectivity index (χ0n) is 9.42. The van der Waals surface area contributed by atoms with E-state index in [4.69, 9.17) is 9.15 Å². The molecule has 0 aliphatic carbocycles. The molecular weight excluding hydrogens is 258 g/mol. The first-order chi connectivity index (χ1) is 7.24. The number of ether oxygens (including phenoxy) is 1. The summed E-state index contributed by atoms with van der Waals surface area (Å²) in [6.45, 7) is 4.84. The molecule has 2 unspecified atom stereocenters. The van der Waals surface area contributed by atoms with Gasteiger partial charge in [-0.15, -0.1) is 0 Å². The second-order valence-electron chi connectivity index (χ2n) is 3.30. The van der Waals surface area contributed by atoms with Gasteiger partial charge in [-0.3, -0.25) is 0 Å². The number of halogens is 1. The average molecular weight is 276 g/mol. The van der Waals surface area contributed by atoms with Crippen molar-refractivity contribution in [3.05, 3.63) is 22.6 Å². The molecule has 2 atom stereocenters. The molecule has 0 saturated carbocycles. The van der Waals surface area contributed by atoms with Gasteiger partial charge < -0.3 is 14.5 Å². The summed E-state index contributed by atoms with van der Waals surface area (Å²) in [5.41, 5.74) is 0. The first-order valence-corrected chi connectivity index (χ1v) is 6.05. The molecule has 1 N–H and O–H groups in total. The lowest BCUT2D eigenvalue weighted by Gasteiger charge is -2.24. The van der Waals surface area contributed by atoms with E-state index in [1.807, 2.05) is 20.0 Å². The van der Waals surface area contributed by atoms with Crippen LogP contribution in [-0.4, -0.2) is 19.8 Å². The summed E-state index contributed by atoms with van der Waals surface area (Å²) in [6, 6.07) is 2.00. The number of rotatable bonds is 6. The van der Waals surface area contributed by atoms with E-state index in [9.17, 15) is 0 Å². The van der Waals surface area contributed by atoms with Crippen LogP contribution in [0.2, 0.25) is 0 Å². The lowest BCUT2D eigenvalue weighted by atomic mass is 10.1. The Hall–Kier alpha value is -0.320. The van der Waals surface area contributed by atoms with Crippen molar-refractivity contribution in [2.45, 2.75) is 32.4 Å². The molecule has 1 aromatic heterocycles. The molecule has 0 amide bonds. The SMILES string of the molecule is CCOC(CC)C(NC)c1occc1Br. The Morgan fingerprint density at radius 2 is 2.27 bits per heavy atom. The zero-order valence-corrected chi connectivity index (χ0v) is 11.0. The quantitative estimate of drug-likeness (QED) is 0.866. The fourth-order valence-corrected chi connectivity index (χ4v) is 2.13. The minimum Gasteiger partial charge on any atom is -0.466 e. The molecule has 0 spiro atoms. The summed E-state index contributed by atoms with van der Waals surface area (Å²) in [6.07, 6.45) is 2.77. The van der Waals surface area contributed by atoms with E-state index in [1.165, 1.54) is 0 Å². The molecule has 0 radical (unpaired) electrons. The van der Waals surface area contributed by atoms with Crippen molar-refractivity contribution in [2.24, 2.45) is 0 Å². The predicted octanol–water partition coefficient (Wildman–Crippen LogP) is 3.12. The van der Waals surface area contributed by atoms with E-state index < -0.39 is 0 Å². The maximum atomic E-state index is 5.68. The smallest absolute Gasteiger partial charge is 0.137 e. The molecule has 0 aromatic carbocycles. The molecule has 1 rings (SSSR count). The van der Waals surface area contributed by atoms with Crippen molar-refractivity contribution in [3.8, 4) is 0 Å². The van der Waals surface area contributed by atoms with Gasteiger partial charge in [0.15, 0.2) is 0 Å². The molecule has 1 heterocycles. The minimum absolute atomic E-state index is 0.0966. The lowest BCUT2D eigenvalue weighted by molar-refractivity contribution is 0.0277. The molecule has 15 heavy (non-hydrogen) atoms. The van der Waals surface area contributed by atoms with Crippen molar-refractivity contribution >= 4 is 15.9 Å². The van der Waals surface area contributed by atoms with Gasteiger partial charge in [-0.25, -0.2) is 0 Å². The third kappa shape index (κ3) is 3.06. The van der Waals surface area contributed by atoms with Crippen LogP contribution in [0.25, 0.3) is 0 Å². The Morgan fingerprint density at radius 1 is 1.53 bits per heavy atom. The number of hydrogen-bond acceptors (Lipinski definition) is 3. The van der Waals surface area contributed by atoms with Gasteiger partial charge in [0, 0.05) is 6.61 Å². The summed E-state index contributed by atoms with van der Waals surface area (Å²) in [7, 11) is 1.92. The predicted molar refractivity (Wildman–Crippen MR) is 63.9 cm³/mol. The second kappa shape index (κ2) is 6.30. The highest BCUT2D eigenvalue weighted by Crippen LogP contribution is 2.28. The van der Waals surface area contributed by atoms with Crippen LogP contribution in [-0.2, 0) is 4.74 Å². The van der Waals surface area contributed by atoms with Gasteiger partial charge in [0.1, 0.15) is 5.76 Å². The number of hydrogen-bond donors (Lipinski definition) is 1. The molecule has 86 valence electrons. The van der Waals surface area contributed by atoms with Gasteiger partial charge in [-0.1, -0.05) is 6.92 Å². The van der Waals surface area contributed by atoms with E-state index in [-0.39, 0.29) is 12.1 Å². The summed E-state index contributed by atoms with van der Waals surface area (Å²) in [4.78, 5) is 0. The van der Waals surface area contributed by atoms with Crippen LogP contribution in [0.1, 0.15) is 32.1 Å². The van der Waals surface area contributed by atoms with Crippen LogP contribution >= 0.6 is 15.9 Å². The summed E-state index contributed by atoms with van der Waals surface area (Å²) < 4.78 is 12.1. The van der Waals surface area contributed by atoms with Crippen LogP contribution in [0.5, 0.6) is 0 Å². The minimum atomic E-state index is 0.0966. The monoisotopic (exact) mass is 275 g/mol. The molecule has 3 nitrogen and oxygen atoms in total. The summed E-state index contributed by atoms with van der Waals surface area (Å²) in [5.74, 6) is 0.901. The normalized spacial score (nSPS) is 15.2. The second-order valence-corrected chi connectivity index (χ2v) is 4.16. The van der Waals surface area contributed by atoms with Crippen molar-refractivity contribution in [1.82, 2.24) is 5.32 Å². The Labute approximate surface area is 99.3 Å². The fraction of sp³-hybridized carbons (Fsp3) is 0.636. The topological polar surface area (TPSA) is 34.4 Å². The van der Waals surface area contributed by atoms with Gasteiger partial charge >= 0.3 is 0 Å². The number of furan rings is 1. The molecule has 0 aliphatic heterocycles. The standard InChI is InChI=1S/C11H18BrNO2/c1-4-9(14-5-2)10(13-3)11-8(12)6-7-15-11/h6-7,9-10,13H,4-5H2,1-3H3. The molecule has 0 fully saturated rings. The molecule has 0 bridgehead atoms. The Kier molecular flexibility index (Phi) is 5.36. The fourth-order valence-electron chi connectivity index (χ4n) is 1.68. The van der Waals surface area contributed by atoms with Crippen molar-refractivity contribution in [3.63, 3.8) is 0 Å². The average Bonchev–Trinajstić information content (AvgIpc) is 2.65. The molecule has 4 heteroatoms. The molecule has 1 aromatic rings. The third-order valence-corrected chi connectivity index (χ3v) is 3.05. The first kappa shape index (κ1) is 12.7. The van der Waals surface area contributed by atoms with Crippen molar-refractivity contribution in [2.75, 3.05) is 13.7 Å². The first-order valence-electron chi connectivity index (χ1n) is 5.26. The highest BCUT2D eigenvalue weighted by molar-refractivity contribution is 9.10.